The third kappa shape index (κ3) is 3.83. The van der Waals surface area contributed by atoms with Gasteiger partial charge in [-0.05, 0) is 68.1 Å². The summed E-state index contributed by atoms with van der Waals surface area (Å²) in [6, 6.07) is 0. The SMILES string of the molecule is O=CC1=C(C2=CCCCCCC2)CCCCCC1. The van der Waals surface area contributed by atoms with E-state index >= 15 is 0 Å². The molecule has 100 valence electrons. The minimum absolute atomic E-state index is 1.01. The highest BCUT2D eigenvalue weighted by Crippen LogP contribution is 2.31. The summed E-state index contributed by atoms with van der Waals surface area (Å²) in [6.45, 7) is 0. The Balaban J connectivity index is 2.20. The molecule has 2 aliphatic carbocycles. The minimum atomic E-state index is 1.01. The number of rotatable bonds is 2. The molecular formula is C17H26O. The lowest BCUT2D eigenvalue weighted by Crippen LogP contribution is -2.03. The molecular weight excluding hydrogens is 220 g/mol. The summed E-state index contributed by atoms with van der Waals surface area (Å²) >= 11 is 0. The highest BCUT2D eigenvalue weighted by atomic mass is 16.1. The summed E-state index contributed by atoms with van der Waals surface area (Å²) in [5.41, 5.74) is 4.05. The van der Waals surface area contributed by atoms with Crippen LogP contribution in [0.1, 0.15) is 77.0 Å². The molecule has 0 fully saturated rings. The van der Waals surface area contributed by atoms with Gasteiger partial charge in [0.15, 0.2) is 0 Å². The second kappa shape index (κ2) is 7.56. The number of allylic oxidation sites excluding steroid dienone is 4. The van der Waals surface area contributed by atoms with E-state index < -0.39 is 0 Å². The fourth-order valence-electron chi connectivity index (χ4n) is 3.24. The Morgan fingerprint density at radius 2 is 1.44 bits per heavy atom. The van der Waals surface area contributed by atoms with Crippen molar-refractivity contribution in [3.63, 3.8) is 0 Å². The van der Waals surface area contributed by atoms with E-state index in [1.165, 1.54) is 75.4 Å². The minimum Gasteiger partial charge on any atom is -0.298 e. The lowest BCUT2D eigenvalue weighted by Gasteiger charge is -2.19. The second-order valence-electron chi connectivity index (χ2n) is 5.72. The first-order valence-corrected chi connectivity index (χ1v) is 7.78. The van der Waals surface area contributed by atoms with Crippen molar-refractivity contribution in [1.29, 1.82) is 0 Å². The van der Waals surface area contributed by atoms with Gasteiger partial charge >= 0.3 is 0 Å². The molecule has 0 saturated heterocycles. The fourth-order valence-corrected chi connectivity index (χ4v) is 3.24. The van der Waals surface area contributed by atoms with Crippen molar-refractivity contribution in [1.82, 2.24) is 0 Å². The monoisotopic (exact) mass is 246 g/mol. The van der Waals surface area contributed by atoms with Gasteiger partial charge in [-0.1, -0.05) is 31.8 Å². The van der Waals surface area contributed by atoms with Gasteiger partial charge in [0, 0.05) is 0 Å². The zero-order valence-corrected chi connectivity index (χ0v) is 11.5. The highest BCUT2D eigenvalue weighted by Gasteiger charge is 2.14. The largest absolute Gasteiger partial charge is 0.298 e. The first-order chi connectivity index (χ1) is 8.92. The van der Waals surface area contributed by atoms with E-state index in [-0.39, 0.29) is 0 Å². The molecule has 0 heterocycles. The van der Waals surface area contributed by atoms with E-state index in [1.807, 2.05) is 0 Å². The highest BCUT2D eigenvalue weighted by molar-refractivity contribution is 5.76. The summed E-state index contributed by atoms with van der Waals surface area (Å²) in [4.78, 5) is 11.3. The van der Waals surface area contributed by atoms with Crippen LogP contribution < -0.4 is 0 Å². The molecule has 2 aliphatic rings. The molecule has 0 spiro atoms. The van der Waals surface area contributed by atoms with Gasteiger partial charge in [0.25, 0.3) is 0 Å². The van der Waals surface area contributed by atoms with Gasteiger partial charge in [0.05, 0.1) is 0 Å². The van der Waals surface area contributed by atoms with E-state index in [4.69, 9.17) is 0 Å². The summed E-state index contributed by atoms with van der Waals surface area (Å²) in [7, 11) is 0. The van der Waals surface area contributed by atoms with E-state index in [1.54, 1.807) is 0 Å². The lowest BCUT2D eigenvalue weighted by atomic mass is 9.86. The molecule has 0 aromatic rings. The first kappa shape index (κ1) is 13.6. The summed E-state index contributed by atoms with van der Waals surface area (Å²) in [6.07, 6.45) is 18.6. The zero-order valence-electron chi connectivity index (χ0n) is 11.5. The van der Waals surface area contributed by atoms with Crippen LogP contribution in [0.25, 0.3) is 0 Å². The Bertz CT molecular complexity index is 336. The topological polar surface area (TPSA) is 17.1 Å². The quantitative estimate of drug-likeness (QED) is 0.618. The molecule has 0 aromatic carbocycles. The maximum Gasteiger partial charge on any atom is 0.146 e. The Morgan fingerprint density at radius 1 is 0.778 bits per heavy atom. The van der Waals surface area contributed by atoms with Gasteiger partial charge in [-0.2, -0.15) is 0 Å². The average molecular weight is 246 g/mol. The molecule has 0 amide bonds. The molecule has 2 rings (SSSR count). The molecule has 0 saturated carbocycles. The standard InChI is InChI=1S/C17H26O/c18-14-16-12-8-4-5-9-13-17(16)15-10-6-2-1-3-7-11-15/h10,14H,1-9,11-13H2. The van der Waals surface area contributed by atoms with Crippen molar-refractivity contribution in [2.75, 3.05) is 0 Å². The fraction of sp³-hybridized carbons (Fsp3) is 0.706. The average Bonchev–Trinajstić information content (AvgIpc) is 2.30. The Morgan fingerprint density at radius 3 is 2.22 bits per heavy atom. The van der Waals surface area contributed by atoms with Gasteiger partial charge in [-0.25, -0.2) is 0 Å². The van der Waals surface area contributed by atoms with Gasteiger partial charge in [-0.15, -0.1) is 0 Å². The van der Waals surface area contributed by atoms with Crippen molar-refractivity contribution in [2.45, 2.75) is 77.0 Å². The maximum atomic E-state index is 11.3. The Labute approximate surface area is 111 Å². The van der Waals surface area contributed by atoms with E-state index in [0.29, 0.717) is 0 Å². The molecule has 1 heteroatoms. The van der Waals surface area contributed by atoms with Crippen LogP contribution in [0.4, 0.5) is 0 Å². The van der Waals surface area contributed by atoms with Crippen molar-refractivity contribution < 1.29 is 4.79 Å². The third-order valence-corrected chi connectivity index (χ3v) is 4.33. The van der Waals surface area contributed by atoms with E-state index in [2.05, 4.69) is 6.08 Å². The predicted octanol–water partition coefficient (Wildman–Crippen LogP) is 5.12. The number of carbonyl (C=O) groups is 1. The van der Waals surface area contributed by atoms with Crippen LogP contribution in [0.3, 0.4) is 0 Å². The molecule has 0 bridgehead atoms. The molecule has 0 radical (unpaired) electrons. The molecule has 0 N–H and O–H groups in total. The van der Waals surface area contributed by atoms with Crippen LogP contribution in [0.2, 0.25) is 0 Å². The first-order valence-electron chi connectivity index (χ1n) is 7.78. The summed E-state index contributed by atoms with van der Waals surface area (Å²) in [5.74, 6) is 0. The van der Waals surface area contributed by atoms with Crippen LogP contribution in [0, 0.1) is 0 Å². The molecule has 18 heavy (non-hydrogen) atoms. The van der Waals surface area contributed by atoms with Gasteiger partial charge in [0.2, 0.25) is 0 Å². The number of hydrogen-bond acceptors (Lipinski definition) is 1. The zero-order chi connectivity index (χ0) is 12.6. The number of hydrogen-bond donors (Lipinski definition) is 0. The lowest BCUT2D eigenvalue weighted by molar-refractivity contribution is -0.105. The second-order valence-corrected chi connectivity index (χ2v) is 5.72. The normalized spacial score (nSPS) is 23.4. The van der Waals surface area contributed by atoms with Gasteiger partial charge in [-0.3, -0.25) is 4.79 Å². The molecule has 0 atom stereocenters. The van der Waals surface area contributed by atoms with Crippen LogP contribution in [0.15, 0.2) is 22.8 Å². The van der Waals surface area contributed by atoms with E-state index in [0.717, 1.165) is 24.7 Å². The summed E-state index contributed by atoms with van der Waals surface area (Å²) in [5, 5.41) is 0. The molecule has 0 unspecified atom stereocenters. The van der Waals surface area contributed by atoms with Gasteiger partial charge in [0.1, 0.15) is 6.29 Å². The van der Waals surface area contributed by atoms with Crippen molar-refractivity contribution >= 4 is 6.29 Å². The molecule has 1 nitrogen and oxygen atoms in total. The van der Waals surface area contributed by atoms with Crippen LogP contribution in [-0.2, 0) is 4.79 Å². The number of aldehydes is 1. The molecule has 0 aliphatic heterocycles. The summed E-state index contributed by atoms with van der Waals surface area (Å²) < 4.78 is 0. The smallest absolute Gasteiger partial charge is 0.146 e. The van der Waals surface area contributed by atoms with Crippen molar-refractivity contribution in [3.05, 3.63) is 22.8 Å². The van der Waals surface area contributed by atoms with Crippen LogP contribution in [0.5, 0.6) is 0 Å². The van der Waals surface area contributed by atoms with E-state index in [9.17, 15) is 4.79 Å². The van der Waals surface area contributed by atoms with Gasteiger partial charge < -0.3 is 0 Å². The Hall–Kier alpha value is -0.850. The molecule has 0 aromatic heterocycles. The maximum absolute atomic E-state index is 11.3. The Kier molecular flexibility index (Phi) is 5.70. The van der Waals surface area contributed by atoms with Crippen LogP contribution >= 0.6 is 0 Å². The number of carbonyl (C=O) groups excluding carboxylic acids is 1. The van der Waals surface area contributed by atoms with Crippen LogP contribution in [-0.4, -0.2) is 6.29 Å². The van der Waals surface area contributed by atoms with Crippen molar-refractivity contribution in [3.8, 4) is 0 Å². The van der Waals surface area contributed by atoms with Crippen molar-refractivity contribution in [2.24, 2.45) is 0 Å². The third-order valence-electron chi connectivity index (χ3n) is 4.33. The predicted molar refractivity (Wildman–Crippen MR) is 76.6 cm³/mol.